The number of amides is 1. The maximum Gasteiger partial charge on any atom is 0.265 e. The van der Waals surface area contributed by atoms with Gasteiger partial charge in [0.25, 0.3) is 5.91 Å². The number of thiazole rings is 1. The predicted molar refractivity (Wildman–Crippen MR) is 94.5 cm³/mol. The standard InChI is InChI=1S/C18H22N2O3S/c1-12(21)15-5-3-4-10-20(15)18(22)16-11-19-17(24-16)13-6-8-14(23-2)9-7-13/h6-9,11-12,15,21H,3-5,10H2,1-2H3. The monoisotopic (exact) mass is 346 g/mol. The molecule has 2 atom stereocenters. The van der Waals surface area contributed by atoms with Crippen molar-refractivity contribution in [1.29, 1.82) is 0 Å². The summed E-state index contributed by atoms with van der Waals surface area (Å²) in [7, 11) is 1.63. The second kappa shape index (κ2) is 7.32. The van der Waals surface area contributed by atoms with Crippen molar-refractivity contribution >= 4 is 17.2 Å². The average Bonchev–Trinajstić information content (AvgIpc) is 3.11. The van der Waals surface area contributed by atoms with Crippen molar-refractivity contribution in [1.82, 2.24) is 9.88 Å². The smallest absolute Gasteiger partial charge is 0.265 e. The molecule has 1 fully saturated rings. The third-order valence-corrected chi connectivity index (χ3v) is 5.45. The van der Waals surface area contributed by atoms with E-state index < -0.39 is 6.10 Å². The molecule has 0 spiro atoms. The first-order valence-corrected chi connectivity index (χ1v) is 9.01. The van der Waals surface area contributed by atoms with E-state index in [1.807, 2.05) is 24.3 Å². The molecule has 3 rings (SSSR count). The van der Waals surface area contributed by atoms with E-state index in [0.717, 1.165) is 35.6 Å². The Morgan fingerprint density at radius 2 is 2.12 bits per heavy atom. The fourth-order valence-electron chi connectivity index (χ4n) is 3.09. The maximum absolute atomic E-state index is 12.8. The molecule has 1 amide bonds. The van der Waals surface area contributed by atoms with E-state index in [-0.39, 0.29) is 11.9 Å². The zero-order valence-electron chi connectivity index (χ0n) is 13.9. The van der Waals surface area contributed by atoms with E-state index in [9.17, 15) is 9.90 Å². The number of rotatable bonds is 4. The molecule has 1 N–H and O–H groups in total. The number of hydrogen-bond donors (Lipinski definition) is 1. The van der Waals surface area contributed by atoms with Gasteiger partial charge in [-0.25, -0.2) is 4.98 Å². The van der Waals surface area contributed by atoms with Crippen molar-refractivity contribution in [2.24, 2.45) is 0 Å². The number of methoxy groups -OCH3 is 1. The summed E-state index contributed by atoms with van der Waals surface area (Å²) in [6.07, 6.45) is 4.02. The Morgan fingerprint density at radius 3 is 2.79 bits per heavy atom. The summed E-state index contributed by atoms with van der Waals surface area (Å²) in [6, 6.07) is 7.54. The van der Waals surface area contributed by atoms with Crippen molar-refractivity contribution in [3.05, 3.63) is 35.3 Å². The van der Waals surface area contributed by atoms with Crippen LogP contribution in [0.3, 0.4) is 0 Å². The summed E-state index contributed by atoms with van der Waals surface area (Å²) in [5.74, 6) is 0.762. The van der Waals surface area contributed by atoms with E-state index in [4.69, 9.17) is 4.74 Å². The molecule has 24 heavy (non-hydrogen) atoms. The molecule has 0 aliphatic carbocycles. The molecule has 0 saturated carbocycles. The molecule has 0 bridgehead atoms. The number of hydrogen-bond acceptors (Lipinski definition) is 5. The van der Waals surface area contributed by atoms with Gasteiger partial charge in [0, 0.05) is 12.1 Å². The predicted octanol–water partition coefficient (Wildman–Crippen LogP) is 3.19. The van der Waals surface area contributed by atoms with E-state index in [1.165, 1.54) is 11.3 Å². The highest BCUT2D eigenvalue weighted by Crippen LogP contribution is 2.29. The number of carbonyl (C=O) groups excluding carboxylic acids is 1. The first kappa shape index (κ1) is 16.9. The van der Waals surface area contributed by atoms with Gasteiger partial charge in [0.15, 0.2) is 0 Å². The molecule has 128 valence electrons. The molecule has 1 aliphatic rings. The van der Waals surface area contributed by atoms with Gasteiger partial charge in [-0.2, -0.15) is 0 Å². The van der Waals surface area contributed by atoms with Crippen molar-refractivity contribution in [2.45, 2.75) is 38.3 Å². The van der Waals surface area contributed by atoms with Crippen LogP contribution in [-0.2, 0) is 0 Å². The molecular weight excluding hydrogens is 324 g/mol. The van der Waals surface area contributed by atoms with E-state index in [0.29, 0.717) is 11.4 Å². The summed E-state index contributed by atoms with van der Waals surface area (Å²) in [5, 5.41) is 10.8. The molecule has 5 nitrogen and oxygen atoms in total. The van der Waals surface area contributed by atoms with Crippen LogP contribution in [0, 0.1) is 0 Å². The zero-order valence-corrected chi connectivity index (χ0v) is 14.8. The lowest BCUT2D eigenvalue weighted by molar-refractivity contribution is 0.0284. The van der Waals surface area contributed by atoms with E-state index >= 15 is 0 Å². The number of carbonyl (C=O) groups is 1. The quantitative estimate of drug-likeness (QED) is 0.923. The number of benzene rings is 1. The van der Waals surface area contributed by atoms with Crippen LogP contribution in [0.1, 0.15) is 35.9 Å². The minimum Gasteiger partial charge on any atom is -0.497 e. The normalized spacial score (nSPS) is 19.1. The Hall–Kier alpha value is -1.92. The Balaban J connectivity index is 1.79. The van der Waals surface area contributed by atoms with Gasteiger partial charge in [0.05, 0.1) is 25.5 Å². The van der Waals surface area contributed by atoms with Gasteiger partial charge in [0.1, 0.15) is 15.6 Å². The molecule has 1 aliphatic heterocycles. The Kier molecular flexibility index (Phi) is 5.16. The first-order chi connectivity index (χ1) is 11.6. The van der Waals surface area contributed by atoms with Gasteiger partial charge < -0.3 is 14.7 Å². The fraction of sp³-hybridized carbons (Fsp3) is 0.444. The lowest BCUT2D eigenvalue weighted by Gasteiger charge is -2.37. The Morgan fingerprint density at radius 1 is 1.38 bits per heavy atom. The summed E-state index contributed by atoms with van der Waals surface area (Å²) < 4.78 is 5.16. The number of piperidine rings is 1. The van der Waals surface area contributed by atoms with Gasteiger partial charge in [0.2, 0.25) is 0 Å². The Bertz CT molecular complexity index is 697. The highest BCUT2D eigenvalue weighted by molar-refractivity contribution is 7.16. The average molecular weight is 346 g/mol. The first-order valence-electron chi connectivity index (χ1n) is 8.19. The van der Waals surface area contributed by atoms with Crippen LogP contribution in [0.2, 0.25) is 0 Å². The summed E-state index contributed by atoms with van der Waals surface area (Å²) in [4.78, 5) is 19.6. The number of ether oxygens (including phenoxy) is 1. The SMILES string of the molecule is COc1ccc(-c2ncc(C(=O)N3CCCCC3C(C)O)s2)cc1. The molecule has 2 unspecified atom stereocenters. The lowest BCUT2D eigenvalue weighted by Crippen LogP contribution is -2.48. The van der Waals surface area contributed by atoms with Crippen LogP contribution >= 0.6 is 11.3 Å². The van der Waals surface area contributed by atoms with Crippen LogP contribution in [0.5, 0.6) is 5.75 Å². The summed E-state index contributed by atoms with van der Waals surface area (Å²) in [5.41, 5.74) is 0.963. The minimum atomic E-state index is -0.511. The Labute approximate surface area is 145 Å². The molecule has 6 heteroatoms. The van der Waals surface area contributed by atoms with Crippen LogP contribution < -0.4 is 4.74 Å². The fourth-order valence-corrected chi connectivity index (χ4v) is 3.97. The van der Waals surface area contributed by atoms with E-state index in [2.05, 4.69) is 4.98 Å². The molecule has 2 heterocycles. The van der Waals surface area contributed by atoms with Crippen LogP contribution in [0.4, 0.5) is 0 Å². The molecule has 1 aromatic carbocycles. The van der Waals surface area contributed by atoms with Gasteiger partial charge >= 0.3 is 0 Å². The maximum atomic E-state index is 12.8. The number of nitrogens with zero attached hydrogens (tertiary/aromatic N) is 2. The second-order valence-electron chi connectivity index (χ2n) is 6.06. The van der Waals surface area contributed by atoms with Crippen LogP contribution in [0.25, 0.3) is 10.6 Å². The third-order valence-electron chi connectivity index (χ3n) is 4.42. The van der Waals surface area contributed by atoms with Crippen molar-refractivity contribution in [3.8, 4) is 16.3 Å². The molecule has 1 aromatic heterocycles. The molecule has 2 aromatic rings. The highest BCUT2D eigenvalue weighted by Gasteiger charge is 2.31. The number of aliphatic hydroxyl groups excluding tert-OH is 1. The lowest BCUT2D eigenvalue weighted by atomic mass is 9.98. The largest absolute Gasteiger partial charge is 0.497 e. The molecular formula is C18H22N2O3S. The number of likely N-dealkylation sites (tertiary alicyclic amines) is 1. The van der Waals surface area contributed by atoms with Gasteiger partial charge in [-0.1, -0.05) is 0 Å². The minimum absolute atomic E-state index is 0.0298. The second-order valence-corrected chi connectivity index (χ2v) is 7.09. The zero-order chi connectivity index (χ0) is 17.1. The summed E-state index contributed by atoms with van der Waals surface area (Å²) in [6.45, 7) is 2.45. The van der Waals surface area contributed by atoms with Gasteiger partial charge in [-0.05, 0) is 50.5 Å². The number of aliphatic hydroxyl groups is 1. The van der Waals surface area contributed by atoms with Crippen molar-refractivity contribution < 1.29 is 14.6 Å². The molecule has 0 radical (unpaired) electrons. The third kappa shape index (κ3) is 3.44. The number of aromatic nitrogens is 1. The highest BCUT2D eigenvalue weighted by atomic mass is 32.1. The van der Waals surface area contributed by atoms with Crippen molar-refractivity contribution in [2.75, 3.05) is 13.7 Å². The topological polar surface area (TPSA) is 62.7 Å². The van der Waals surface area contributed by atoms with Gasteiger partial charge in [-0.3, -0.25) is 4.79 Å². The van der Waals surface area contributed by atoms with Crippen LogP contribution in [0.15, 0.2) is 30.5 Å². The molecule has 1 saturated heterocycles. The van der Waals surface area contributed by atoms with Crippen LogP contribution in [-0.4, -0.2) is 46.7 Å². The summed E-state index contributed by atoms with van der Waals surface area (Å²) >= 11 is 1.39. The van der Waals surface area contributed by atoms with E-state index in [1.54, 1.807) is 25.1 Å². The van der Waals surface area contributed by atoms with Crippen molar-refractivity contribution in [3.63, 3.8) is 0 Å². The van der Waals surface area contributed by atoms with Gasteiger partial charge in [-0.15, -0.1) is 11.3 Å².